The number of rotatable bonds is 6. The molecule has 52 heavy (non-hydrogen) atoms. The lowest BCUT2D eigenvalue weighted by atomic mass is 9.95. The van der Waals surface area contributed by atoms with E-state index in [0.29, 0.717) is 0 Å². The van der Waals surface area contributed by atoms with Crippen LogP contribution in [0.5, 0.6) is 0 Å². The maximum Gasteiger partial charge on any atom is 0.136 e. The molecule has 244 valence electrons. The van der Waals surface area contributed by atoms with E-state index in [4.69, 9.17) is 4.42 Å². The Hall–Kier alpha value is -6.90. The highest BCUT2D eigenvalue weighted by atomic mass is 16.3. The smallest absolute Gasteiger partial charge is 0.136 e. The van der Waals surface area contributed by atoms with Gasteiger partial charge >= 0.3 is 0 Å². The maximum absolute atomic E-state index is 6.53. The van der Waals surface area contributed by atoms with Crippen LogP contribution in [0.4, 0.5) is 17.1 Å². The van der Waals surface area contributed by atoms with E-state index in [-0.39, 0.29) is 0 Å². The molecule has 2 nitrogen and oxygen atoms in total. The third kappa shape index (κ3) is 5.12. The van der Waals surface area contributed by atoms with Crippen molar-refractivity contribution in [3.8, 4) is 33.4 Å². The molecular weight excluding hydrogens is 631 g/mol. The van der Waals surface area contributed by atoms with Gasteiger partial charge in [0, 0.05) is 27.7 Å². The van der Waals surface area contributed by atoms with Crippen LogP contribution >= 0.6 is 0 Å². The first-order valence-electron chi connectivity index (χ1n) is 17.8. The van der Waals surface area contributed by atoms with Crippen molar-refractivity contribution in [3.05, 3.63) is 200 Å². The van der Waals surface area contributed by atoms with Crippen LogP contribution in [0.1, 0.15) is 0 Å². The Morgan fingerprint density at radius 2 is 0.962 bits per heavy atom. The van der Waals surface area contributed by atoms with Gasteiger partial charge in [-0.25, -0.2) is 0 Å². The fourth-order valence-corrected chi connectivity index (χ4v) is 7.78. The average Bonchev–Trinajstić information content (AvgIpc) is 3.58. The molecule has 0 N–H and O–H groups in total. The second-order valence-corrected chi connectivity index (χ2v) is 13.3. The number of fused-ring (bicyclic) bond motifs is 5. The summed E-state index contributed by atoms with van der Waals surface area (Å²) in [5.74, 6) is 0. The molecule has 0 aliphatic rings. The summed E-state index contributed by atoms with van der Waals surface area (Å²) in [6.45, 7) is 0. The quantitative estimate of drug-likeness (QED) is 0.176. The lowest BCUT2D eigenvalue weighted by Crippen LogP contribution is -2.11. The van der Waals surface area contributed by atoms with E-state index in [1.165, 1.54) is 43.8 Å². The average molecular weight is 664 g/mol. The molecule has 0 aliphatic heterocycles. The minimum atomic E-state index is 0.884. The highest BCUT2D eigenvalue weighted by Crippen LogP contribution is 2.46. The molecule has 0 radical (unpaired) electrons. The Balaban J connectivity index is 1.18. The van der Waals surface area contributed by atoms with Crippen LogP contribution in [0.15, 0.2) is 205 Å². The first kappa shape index (κ1) is 30.0. The van der Waals surface area contributed by atoms with Crippen molar-refractivity contribution in [2.45, 2.75) is 0 Å². The molecule has 1 aromatic heterocycles. The van der Waals surface area contributed by atoms with Crippen molar-refractivity contribution in [2.75, 3.05) is 4.90 Å². The minimum absolute atomic E-state index is 0.884. The zero-order chi connectivity index (χ0) is 34.4. The van der Waals surface area contributed by atoms with E-state index in [0.717, 1.165) is 50.1 Å². The summed E-state index contributed by atoms with van der Waals surface area (Å²) >= 11 is 0. The highest BCUT2D eigenvalue weighted by Gasteiger charge is 2.21. The molecule has 10 aromatic rings. The van der Waals surface area contributed by atoms with E-state index in [1.807, 2.05) is 0 Å². The second-order valence-electron chi connectivity index (χ2n) is 13.3. The van der Waals surface area contributed by atoms with Gasteiger partial charge in [-0.05, 0) is 97.9 Å². The largest absolute Gasteiger partial charge is 0.456 e. The fourth-order valence-electron chi connectivity index (χ4n) is 7.78. The Morgan fingerprint density at radius 3 is 1.83 bits per heavy atom. The molecule has 0 saturated heterocycles. The SMILES string of the molecule is c1ccc(-c2cccc(N(c3ccc(-c4cccc5ccccc45)cc3)c3ccccc3-c3cccc4oc5cc6ccccc6cc5c34)c2)cc1. The van der Waals surface area contributed by atoms with Crippen molar-refractivity contribution < 1.29 is 4.42 Å². The summed E-state index contributed by atoms with van der Waals surface area (Å²) in [6, 6.07) is 71.7. The van der Waals surface area contributed by atoms with Crippen molar-refractivity contribution in [1.29, 1.82) is 0 Å². The van der Waals surface area contributed by atoms with Gasteiger partial charge in [0.05, 0.1) is 5.69 Å². The Morgan fingerprint density at radius 1 is 0.327 bits per heavy atom. The standard InChI is InChI=1S/C50H33NO/c1-2-13-34(14-3-1)37-19-10-20-41(31-37)51(40-29-27-36(28-30-40)43-23-11-18-35-15-6-7-21-42(35)43)47-25-9-8-22-44(47)45-24-12-26-48-50(45)46-32-38-16-4-5-17-39(38)33-49(46)52-48/h1-33H. The van der Waals surface area contributed by atoms with Crippen molar-refractivity contribution >= 4 is 60.5 Å². The molecule has 0 unspecified atom stereocenters. The van der Waals surface area contributed by atoms with Crippen LogP contribution in [-0.2, 0) is 0 Å². The topological polar surface area (TPSA) is 16.4 Å². The Kier molecular flexibility index (Phi) is 7.18. The third-order valence-electron chi connectivity index (χ3n) is 10.2. The summed E-state index contributed by atoms with van der Waals surface area (Å²) in [5.41, 5.74) is 12.1. The number of furan rings is 1. The molecule has 0 saturated carbocycles. The molecule has 10 rings (SSSR count). The zero-order valence-electron chi connectivity index (χ0n) is 28.4. The number of hydrogen-bond donors (Lipinski definition) is 0. The molecular formula is C50H33NO. The fraction of sp³-hybridized carbons (Fsp3) is 0. The van der Waals surface area contributed by atoms with Gasteiger partial charge in [0.15, 0.2) is 0 Å². The Labute approximate surface area is 302 Å². The van der Waals surface area contributed by atoms with E-state index in [2.05, 4.69) is 205 Å². The predicted molar refractivity (Wildman–Crippen MR) is 220 cm³/mol. The third-order valence-corrected chi connectivity index (χ3v) is 10.2. The van der Waals surface area contributed by atoms with Crippen LogP contribution in [0.3, 0.4) is 0 Å². The van der Waals surface area contributed by atoms with Crippen molar-refractivity contribution in [3.63, 3.8) is 0 Å². The van der Waals surface area contributed by atoms with E-state index in [9.17, 15) is 0 Å². The molecule has 1 heterocycles. The van der Waals surface area contributed by atoms with Gasteiger partial charge in [-0.2, -0.15) is 0 Å². The van der Waals surface area contributed by atoms with Gasteiger partial charge in [0.1, 0.15) is 11.2 Å². The van der Waals surface area contributed by atoms with E-state index >= 15 is 0 Å². The summed E-state index contributed by atoms with van der Waals surface area (Å²) < 4.78 is 6.53. The van der Waals surface area contributed by atoms with E-state index in [1.54, 1.807) is 0 Å². The van der Waals surface area contributed by atoms with Gasteiger partial charge in [-0.15, -0.1) is 0 Å². The maximum atomic E-state index is 6.53. The monoisotopic (exact) mass is 663 g/mol. The molecule has 9 aromatic carbocycles. The highest BCUT2D eigenvalue weighted by molar-refractivity contribution is 6.16. The number of hydrogen-bond acceptors (Lipinski definition) is 2. The van der Waals surface area contributed by atoms with Gasteiger partial charge in [0.25, 0.3) is 0 Å². The van der Waals surface area contributed by atoms with Crippen LogP contribution in [0.2, 0.25) is 0 Å². The second kappa shape index (κ2) is 12.5. The molecule has 0 atom stereocenters. The number of para-hydroxylation sites is 1. The molecule has 2 heteroatoms. The Bertz CT molecular complexity index is 2900. The van der Waals surface area contributed by atoms with Crippen LogP contribution in [0.25, 0.3) is 76.9 Å². The zero-order valence-corrected chi connectivity index (χ0v) is 28.4. The number of benzene rings is 9. The molecule has 0 spiro atoms. The predicted octanol–water partition coefficient (Wildman–Crippen LogP) is 14.4. The van der Waals surface area contributed by atoms with Crippen molar-refractivity contribution in [1.82, 2.24) is 0 Å². The molecule has 0 fully saturated rings. The lowest BCUT2D eigenvalue weighted by molar-refractivity contribution is 0.669. The van der Waals surface area contributed by atoms with Gasteiger partial charge in [-0.3, -0.25) is 0 Å². The van der Waals surface area contributed by atoms with Gasteiger partial charge in [0.2, 0.25) is 0 Å². The summed E-state index contributed by atoms with van der Waals surface area (Å²) in [4.78, 5) is 2.39. The van der Waals surface area contributed by atoms with Crippen molar-refractivity contribution in [2.24, 2.45) is 0 Å². The number of nitrogens with zero attached hydrogens (tertiary/aromatic N) is 1. The summed E-state index contributed by atoms with van der Waals surface area (Å²) in [5, 5.41) is 7.12. The normalized spacial score (nSPS) is 11.5. The minimum Gasteiger partial charge on any atom is -0.456 e. The molecule has 0 bridgehead atoms. The molecule has 0 amide bonds. The van der Waals surface area contributed by atoms with Gasteiger partial charge in [-0.1, -0.05) is 152 Å². The van der Waals surface area contributed by atoms with E-state index < -0.39 is 0 Å². The lowest BCUT2D eigenvalue weighted by Gasteiger charge is -2.28. The first-order chi connectivity index (χ1) is 25.8. The number of anilines is 3. The van der Waals surface area contributed by atoms with Gasteiger partial charge < -0.3 is 9.32 Å². The first-order valence-corrected chi connectivity index (χ1v) is 17.8. The summed E-state index contributed by atoms with van der Waals surface area (Å²) in [6.07, 6.45) is 0. The summed E-state index contributed by atoms with van der Waals surface area (Å²) in [7, 11) is 0. The van der Waals surface area contributed by atoms with Crippen LogP contribution in [-0.4, -0.2) is 0 Å². The molecule has 0 aliphatic carbocycles. The van der Waals surface area contributed by atoms with Crippen LogP contribution < -0.4 is 4.90 Å². The van der Waals surface area contributed by atoms with Crippen LogP contribution in [0, 0.1) is 0 Å².